The van der Waals surface area contributed by atoms with E-state index in [1.807, 2.05) is 11.8 Å². The Balaban J connectivity index is 1.91. The van der Waals surface area contributed by atoms with Crippen molar-refractivity contribution >= 4 is 11.9 Å². The average Bonchev–Trinajstić information content (AvgIpc) is 2.67. The van der Waals surface area contributed by atoms with Gasteiger partial charge in [-0.25, -0.2) is 0 Å². The summed E-state index contributed by atoms with van der Waals surface area (Å²) >= 11 is 0. The molecule has 0 aromatic heterocycles. The predicted molar refractivity (Wildman–Crippen MR) is 56.5 cm³/mol. The van der Waals surface area contributed by atoms with Gasteiger partial charge >= 0.3 is 5.97 Å². The van der Waals surface area contributed by atoms with Crippen LogP contribution < -0.4 is 0 Å². The minimum atomic E-state index is -0.0730. The lowest BCUT2D eigenvalue weighted by atomic mass is 9.83. The molecule has 0 radical (unpaired) electrons. The second-order valence-corrected chi connectivity index (χ2v) is 5.18. The first-order valence-corrected chi connectivity index (χ1v) is 6.18. The molecule has 0 unspecified atom stereocenters. The summed E-state index contributed by atoms with van der Waals surface area (Å²) in [6.07, 6.45) is 3.49. The number of carbonyl (C=O) groups excluding carboxylic acids is 2. The maximum absolute atomic E-state index is 11.7. The van der Waals surface area contributed by atoms with Crippen molar-refractivity contribution in [1.82, 2.24) is 4.90 Å². The molecule has 4 atom stereocenters. The van der Waals surface area contributed by atoms with Gasteiger partial charge in [0.1, 0.15) is 6.10 Å². The minimum Gasteiger partial charge on any atom is -0.462 e. The van der Waals surface area contributed by atoms with Crippen molar-refractivity contribution < 1.29 is 14.3 Å². The number of carbonyl (C=O) groups is 2. The fourth-order valence-electron chi connectivity index (χ4n) is 3.56. The lowest BCUT2D eigenvalue weighted by Gasteiger charge is -2.29. The maximum Gasteiger partial charge on any atom is 0.309 e. The molecule has 1 amide bonds. The third-order valence-electron chi connectivity index (χ3n) is 4.35. The fraction of sp³-hybridized carbons (Fsp3) is 0.833. The molecular formula is C12H17NO3. The van der Waals surface area contributed by atoms with E-state index in [-0.39, 0.29) is 35.9 Å². The summed E-state index contributed by atoms with van der Waals surface area (Å²) < 4.78 is 5.42. The zero-order chi connectivity index (χ0) is 11.3. The topological polar surface area (TPSA) is 46.6 Å². The van der Waals surface area contributed by atoms with E-state index in [1.165, 1.54) is 0 Å². The van der Waals surface area contributed by atoms with Gasteiger partial charge in [-0.2, -0.15) is 0 Å². The molecule has 0 bridgehead atoms. The number of rotatable bonds is 0. The Labute approximate surface area is 94.9 Å². The Morgan fingerprint density at radius 3 is 2.94 bits per heavy atom. The van der Waals surface area contributed by atoms with Crippen LogP contribution in [0.25, 0.3) is 0 Å². The Kier molecular flexibility index (Phi) is 2.19. The molecule has 4 heteroatoms. The average molecular weight is 223 g/mol. The van der Waals surface area contributed by atoms with Gasteiger partial charge in [0.25, 0.3) is 0 Å². The molecule has 0 saturated carbocycles. The van der Waals surface area contributed by atoms with E-state index in [4.69, 9.17) is 4.74 Å². The van der Waals surface area contributed by atoms with Crippen LogP contribution in [0.3, 0.4) is 0 Å². The zero-order valence-electron chi connectivity index (χ0n) is 9.52. The van der Waals surface area contributed by atoms with Gasteiger partial charge in [-0.1, -0.05) is 6.92 Å². The molecule has 3 aliphatic heterocycles. The summed E-state index contributed by atoms with van der Waals surface area (Å²) in [6, 6.07) is 0.251. The molecule has 3 aliphatic rings. The second kappa shape index (κ2) is 3.47. The lowest BCUT2D eigenvalue weighted by molar-refractivity contribution is -0.144. The molecule has 3 fully saturated rings. The van der Waals surface area contributed by atoms with Crippen molar-refractivity contribution in [3.05, 3.63) is 0 Å². The first-order chi connectivity index (χ1) is 7.68. The smallest absolute Gasteiger partial charge is 0.309 e. The highest BCUT2D eigenvalue weighted by molar-refractivity contribution is 5.80. The van der Waals surface area contributed by atoms with Gasteiger partial charge in [0.15, 0.2) is 0 Å². The predicted octanol–water partition coefficient (Wildman–Crippen LogP) is 0.949. The highest BCUT2D eigenvalue weighted by Gasteiger charge is 2.51. The summed E-state index contributed by atoms with van der Waals surface area (Å²) in [5.74, 6) is 0.386. The number of hydrogen-bond acceptors (Lipinski definition) is 3. The highest BCUT2D eigenvalue weighted by Crippen LogP contribution is 2.41. The summed E-state index contributed by atoms with van der Waals surface area (Å²) in [7, 11) is 0. The zero-order valence-corrected chi connectivity index (χ0v) is 9.52. The van der Waals surface area contributed by atoms with E-state index in [0.29, 0.717) is 6.42 Å². The van der Waals surface area contributed by atoms with Crippen LogP contribution >= 0.6 is 0 Å². The van der Waals surface area contributed by atoms with Crippen molar-refractivity contribution in [2.75, 3.05) is 6.54 Å². The van der Waals surface area contributed by atoms with Crippen LogP contribution in [0.1, 0.15) is 32.6 Å². The van der Waals surface area contributed by atoms with Gasteiger partial charge in [0.2, 0.25) is 5.91 Å². The number of hydrogen-bond donors (Lipinski definition) is 0. The highest BCUT2D eigenvalue weighted by atomic mass is 16.6. The van der Waals surface area contributed by atoms with E-state index in [2.05, 4.69) is 0 Å². The molecule has 88 valence electrons. The number of esters is 1. The van der Waals surface area contributed by atoms with Gasteiger partial charge < -0.3 is 9.64 Å². The van der Waals surface area contributed by atoms with Crippen molar-refractivity contribution in [2.45, 2.75) is 44.8 Å². The largest absolute Gasteiger partial charge is 0.462 e. The summed E-state index contributed by atoms with van der Waals surface area (Å²) in [5, 5.41) is 0. The van der Waals surface area contributed by atoms with E-state index in [0.717, 1.165) is 25.8 Å². The number of ether oxygens (including phenoxy) is 1. The molecule has 0 aliphatic carbocycles. The second-order valence-electron chi connectivity index (χ2n) is 5.18. The van der Waals surface area contributed by atoms with Crippen LogP contribution in [0.4, 0.5) is 0 Å². The van der Waals surface area contributed by atoms with E-state index < -0.39 is 0 Å². The van der Waals surface area contributed by atoms with Crippen molar-refractivity contribution in [2.24, 2.45) is 11.8 Å². The Bertz CT molecular complexity index is 339. The van der Waals surface area contributed by atoms with Crippen molar-refractivity contribution in [1.29, 1.82) is 0 Å². The quantitative estimate of drug-likeness (QED) is 0.574. The summed E-state index contributed by atoms with van der Waals surface area (Å²) in [6.45, 7) is 2.79. The summed E-state index contributed by atoms with van der Waals surface area (Å²) in [5.41, 5.74) is 0. The molecule has 0 aromatic carbocycles. The standard InChI is InChI=1S/C12H17NO3/c1-7-11-8-4-5-10(14)13(8)6-2-3-9(11)16-12(7)15/h7-9,11H,2-6H2,1H3/t7-,8+,9+,11+/m0/s1. The molecule has 0 N–H and O–H groups in total. The van der Waals surface area contributed by atoms with Crippen LogP contribution in [-0.4, -0.2) is 35.5 Å². The maximum atomic E-state index is 11.7. The van der Waals surface area contributed by atoms with Crippen LogP contribution in [0, 0.1) is 11.8 Å². The Hall–Kier alpha value is -1.06. The van der Waals surface area contributed by atoms with E-state index in [9.17, 15) is 9.59 Å². The van der Waals surface area contributed by atoms with Gasteiger partial charge in [0, 0.05) is 24.9 Å². The van der Waals surface area contributed by atoms with Gasteiger partial charge in [0.05, 0.1) is 5.92 Å². The molecule has 16 heavy (non-hydrogen) atoms. The molecule has 4 nitrogen and oxygen atoms in total. The SMILES string of the molecule is C[C@@H]1C(=O)O[C@@H]2CCCN3C(=O)CC[C@@H]3[C@@H]12. The van der Waals surface area contributed by atoms with Crippen LogP contribution in [0.2, 0.25) is 0 Å². The van der Waals surface area contributed by atoms with Crippen LogP contribution in [0.5, 0.6) is 0 Å². The van der Waals surface area contributed by atoms with Gasteiger partial charge in [-0.05, 0) is 19.3 Å². The van der Waals surface area contributed by atoms with E-state index >= 15 is 0 Å². The molecule has 3 rings (SSSR count). The lowest BCUT2D eigenvalue weighted by Crippen LogP contribution is -2.41. The van der Waals surface area contributed by atoms with Crippen LogP contribution in [-0.2, 0) is 14.3 Å². The van der Waals surface area contributed by atoms with E-state index in [1.54, 1.807) is 0 Å². The first-order valence-electron chi connectivity index (χ1n) is 6.18. The van der Waals surface area contributed by atoms with Crippen LogP contribution in [0.15, 0.2) is 0 Å². The number of nitrogens with zero attached hydrogens (tertiary/aromatic N) is 1. The molecule has 3 heterocycles. The monoisotopic (exact) mass is 223 g/mol. The fourth-order valence-corrected chi connectivity index (χ4v) is 3.56. The summed E-state index contributed by atoms with van der Waals surface area (Å²) in [4.78, 5) is 25.3. The van der Waals surface area contributed by atoms with Crippen molar-refractivity contribution in [3.8, 4) is 0 Å². The molecule has 3 saturated heterocycles. The van der Waals surface area contributed by atoms with Gasteiger partial charge in [-0.15, -0.1) is 0 Å². The molecule has 0 spiro atoms. The molecule has 0 aromatic rings. The first kappa shape index (κ1) is 10.1. The third kappa shape index (κ3) is 1.28. The normalized spacial score (nSPS) is 42.7. The number of fused-ring (bicyclic) bond motifs is 3. The van der Waals surface area contributed by atoms with Gasteiger partial charge in [-0.3, -0.25) is 9.59 Å². The Morgan fingerprint density at radius 2 is 2.12 bits per heavy atom. The number of amides is 1. The van der Waals surface area contributed by atoms with Crippen molar-refractivity contribution in [3.63, 3.8) is 0 Å². The Morgan fingerprint density at radius 1 is 1.31 bits per heavy atom. The minimum absolute atomic E-state index is 0.0403. The molecular weight excluding hydrogens is 206 g/mol. The third-order valence-corrected chi connectivity index (χ3v) is 4.35.